The molecule has 2 nitrogen and oxygen atoms in total. The largest absolute Gasteiger partial charge is 0.373 e. The highest BCUT2D eigenvalue weighted by molar-refractivity contribution is 5.20. The number of ether oxygens (including phenoxy) is 1. The van der Waals surface area contributed by atoms with E-state index in [0.717, 1.165) is 18.9 Å². The van der Waals surface area contributed by atoms with Crippen molar-refractivity contribution in [1.82, 2.24) is 5.32 Å². The minimum Gasteiger partial charge on any atom is -0.373 e. The molecule has 21 heavy (non-hydrogen) atoms. The number of nitrogens with one attached hydrogen (secondary N) is 1. The second-order valence-corrected chi connectivity index (χ2v) is 6.58. The predicted octanol–water partition coefficient (Wildman–Crippen LogP) is 4.71. The molecule has 1 fully saturated rings. The van der Waals surface area contributed by atoms with Gasteiger partial charge in [-0.15, -0.1) is 0 Å². The fraction of sp³-hybridized carbons (Fsp3) is 0.684. The van der Waals surface area contributed by atoms with Crippen molar-refractivity contribution in [2.24, 2.45) is 5.92 Å². The maximum atomic E-state index is 6.41. The highest BCUT2D eigenvalue weighted by Crippen LogP contribution is 2.29. The third-order valence-electron chi connectivity index (χ3n) is 4.54. The Morgan fingerprint density at radius 3 is 2.67 bits per heavy atom. The van der Waals surface area contributed by atoms with Gasteiger partial charge in [-0.2, -0.15) is 0 Å². The van der Waals surface area contributed by atoms with Crippen molar-refractivity contribution in [3.63, 3.8) is 0 Å². The first-order valence-corrected chi connectivity index (χ1v) is 8.64. The fourth-order valence-corrected chi connectivity index (χ4v) is 3.40. The smallest absolute Gasteiger partial charge is 0.0745 e. The molecule has 2 heteroatoms. The summed E-state index contributed by atoms with van der Waals surface area (Å²) in [6.07, 6.45) is 6.94. The molecular weight excluding hydrogens is 258 g/mol. The maximum absolute atomic E-state index is 6.41. The lowest BCUT2D eigenvalue weighted by atomic mass is 9.88. The van der Waals surface area contributed by atoms with Crippen LogP contribution in [0.25, 0.3) is 0 Å². The van der Waals surface area contributed by atoms with Crippen LogP contribution in [0, 0.1) is 5.92 Å². The summed E-state index contributed by atoms with van der Waals surface area (Å²) in [5, 5.41) is 3.66. The van der Waals surface area contributed by atoms with Gasteiger partial charge < -0.3 is 10.1 Å². The lowest BCUT2D eigenvalue weighted by Gasteiger charge is -2.33. The van der Waals surface area contributed by atoms with Crippen LogP contribution in [0.4, 0.5) is 0 Å². The first-order valence-electron chi connectivity index (χ1n) is 8.64. The van der Waals surface area contributed by atoms with Crippen molar-refractivity contribution in [3.05, 3.63) is 35.9 Å². The molecule has 1 aliphatic rings. The fourth-order valence-electron chi connectivity index (χ4n) is 3.40. The summed E-state index contributed by atoms with van der Waals surface area (Å²) in [6, 6.07) is 11.0. The third kappa shape index (κ3) is 5.12. The van der Waals surface area contributed by atoms with Crippen LogP contribution in [0.1, 0.15) is 64.5 Å². The molecule has 2 rings (SSSR count). The summed E-state index contributed by atoms with van der Waals surface area (Å²) < 4.78 is 6.41. The minimum absolute atomic E-state index is 0.217. The van der Waals surface area contributed by atoms with Crippen LogP contribution in [0.2, 0.25) is 0 Å². The Hall–Kier alpha value is -0.860. The summed E-state index contributed by atoms with van der Waals surface area (Å²) in [6.45, 7) is 7.82. The number of hydrogen-bond donors (Lipinski definition) is 1. The van der Waals surface area contributed by atoms with Gasteiger partial charge in [0, 0.05) is 0 Å². The topological polar surface area (TPSA) is 21.3 Å². The average Bonchev–Trinajstić information content (AvgIpc) is 2.49. The van der Waals surface area contributed by atoms with Crippen molar-refractivity contribution in [2.75, 3.05) is 6.54 Å². The standard InChI is InChI=1S/C19H31NO/c1-4-13-20-19(17-10-6-5-7-11-17)16(3)21-18-12-8-9-15(2)14-18/h5-7,10-11,15-16,18-20H,4,8-9,12-14H2,1-3H3. The van der Waals surface area contributed by atoms with Crippen LogP contribution in [-0.4, -0.2) is 18.8 Å². The first-order chi connectivity index (χ1) is 10.2. The SMILES string of the molecule is CCCNC(c1ccccc1)C(C)OC1CCCC(C)C1. The quantitative estimate of drug-likeness (QED) is 0.785. The van der Waals surface area contributed by atoms with Crippen molar-refractivity contribution in [2.45, 2.75) is 71.1 Å². The summed E-state index contributed by atoms with van der Waals surface area (Å²) in [5.41, 5.74) is 1.34. The molecular formula is C19H31NO. The molecule has 1 N–H and O–H groups in total. The van der Waals surface area contributed by atoms with Gasteiger partial charge in [0.15, 0.2) is 0 Å². The molecule has 4 atom stereocenters. The predicted molar refractivity (Wildman–Crippen MR) is 89.4 cm³/mol. The van der Waals surface area contributed by atoms with Gasteiger partial charge in [0.05, 0.1) is 18.2 Å². The molecule has 1 saturated carbocycles. The van der Waals surface area contributed by atoms with E-state index in [0.29, 0.717) is 12.1 Å². The Morgan fingerprint density at radius 1 is 1.24 bits per heavy atom. The van der Waals surface area contributed by atoms with Crippen molar-refractivity contribution < 1.29 is 4.74 Å². The van der Waals surface area contributed by atoms with E-state index in [2.05, 4.69) is 56.4 Å². The summed E-state index contributed by atoms with van der Waals surface area (Å²) in [5.74, 6) is 0.815. The molecule has 0 radical (unpaired) electrons. The van der Waals surface area contributed by atoms with Gasteiger partial charge >= 0.3 is 0 Å². The lowest BCUT2D eigenvalue weighted by Crippen LogP contribution is -2.36. The van der Waals surface area contributed by atoms with Crippen LogP contribution in [-0.2, 0) is 4.74 Å². The van der Waals surface area contributed by atoms with Gasteiger partial charge in [0.2, 0.25) is 0 Å². The second-order valence-electron chi connectivity index (χ2n) is 6.58. The summed E-state index contributed by atoms with van der Waals surface area (Å²) in [7, 11) is 0. The highest BCUT2D eigenvalue weighted by atomic mass is 16.5. The van der Waals surface area contributed by atoms with Crippen molar-refractivity contribution in [3.8, 4) is 0 Å². The Labute approximate surface area is 130 Å². The van der Waals surface area contributed by atoms with Crippen molar-refractivity contribution >= 4 is 0 Å². The van der Waals surface area contributed by atoms with E-state index >= 15 is 0 Å². The number of benzene rings is 1. The molecule has 1 aliphatic carbocycles. The Balaban J connectivity index is 1.98. The maximum Gasteiger partial charge on any atom is 0.0745 e. The van der Waals surface area contributed by atoms with Crippen LogP contribution < -0.4 is 5.32 Å². The molecule has 4 unspecified atom stereocenters. The van der Waals surface area contributed by atoms with Gasteiger partial charge in [0.25, 0.3) is 0 Å². The summed E-state index contributed by atoms with van der Waals surface area (Å²) in [4.78, 5) is 0. The molecule has 0 aromatic heterocycles. The molecule has 1 aromatic carbocycles. The van der Waals surface area contributed by atoms with Crippen LogP contribution in [0.15, 0.2) is 30.3 Å². The first kappa shape index (κ1) is 16.5. The third-order valence-corrected chi connectivity index (χ3v) is 4.54. The molecule has 0 heterocycles. The highest BCUT2D eigenvalue weighted by Gasteiger charge is 2.25. The van der Waals surface area contributed by atoms with E-state index in [1.165, 1.54) is 31.2 Å². The van der Waals surface area contributed by atoms with E-state index in [1.807, 2.05) is 0 Å². The number of rotatable bonds is 7. The normalized spacial score (nSPS) is 25.5. The van der Waals surface area contributed by atoms with E-state index in [-0.39, 0.29) is 6.10 Å². The zero-order chi connectivity index (χ0) is 15.1. The zero-order valence-electron chi connectivity index (χ0n) is 13.8. The lowest BCUT2D eigenvalue weighted by molar-refractivity contribution is -0.0463. The zero-order valence-corrected chi connectivity index (χ0v) is 13.8. The molecule has 0 amide bonds. The molecule has 0 aliphatic heterocycles. The van der Waals surface area contributed by atoms with Gasteiger partial charge in [-0.05, 0) is 44.2 Å². The van der Waals surface area contributed by atoms with Crippen LogP contribution in [0.3, 0.4) is 0 Å². The average molecular weight is 289 g/mol. The van der Waals surface area contributed by atoms with E-state index in [1.54, 1.807) is 0 Å². The van der Waals surface area contributed by atoms with E-state index in [4.69, 9.17) is 4.74 Å². The number of hydrogen-bond acceptors (Lipinski definition) is 2. The molecule has 0 spiro atoms. The molecule has 0 bridgehead atoms. The summed E-state index contributed by atoms with van der Waals surface area (Å²) >= 11 is 0. The van der Waals surface area contributed by atoms with Gasteiger partial charge in [-0.3, -0.25) is 0 Å². The second kappa shape index (κ2) is 8.55. The molecule has 0 saturated heterocycles. The Bertz CT molecular complexity index is 392. The van der Waals surface area contributed by atoms with Crippen LogP contribution in [0.5, 0.6) is 0 Å². The van der Waals surface area contributed by atoms with E-state index in [9.17, 15) is 0 Å². The monoisotopic (exact) mass is 289 g/mol. The molecule has 118 valence electrons. The van der Waals surface area contributed by atoms with Gasteiger partial charge in [0.1, 0.15) is 0 Å². The van der Waals surface area contributed by atoms with Crippen LogP contribution >= 0.6 is 0 Å². The van der Waals surface area contributed by atoms with E-state index < -0.39 is 0 Å². The van der Waals surface area contributed by atoms with Gasteiger partial charge in [-0.1, -0.05) is 57.0 Å². The van der Waals surface area contributed by atoms with Crippen molar-refractivity contribution in [1.29, 1.82) is 0 Å². The Morgan fingerprint density at radius 2 is 2.00 bits per heavy atom. The molecule has 1 aromatic rings. The minimum atomic E-state index is 0.217. The Kier molecular flexibility index (Phi) is 6.72. The van der Waals surface area contributed by atoms with Gasteiger partial charge in [-0.25, -0.2) is 0 Å².